The monoisotopic (exact) mass is 259 g/mol. The summed E-state index contributed by atoms with van der Waals surface area (Å²) in [5.74, 6) is 9.97. The van der Waals surface area contributed by atoms with Crippen molar-refractivity contribution in [2.24, 2.45) is 23.7 Å². The molecule has 0 saturated heterocycles. The van der Waals surface area contributed by atoms with E-state index in [1.807, 2.05) is 6.07 Å². The fourth-order valence-electron chi connectivity index (χ4n) is 5.28. The van der Waals surface area contributed by atoms with E-state index in [1.165, 1.54) is 32.1 Å². The molecular weight excluding hydrogens is 238 g/mol. The van der Waals surface area contributed by atoms with E-state index in [0.717, 1.165) is 33.9 Å². The van der Waals surface area contributed by atoms with Gasteiger partial charge in [0, 0.05) is 6.07 Å². The standard InChI is InChI=1S/C15H21N3O/c16-13-6-12(7-14(19)18(13)17)15-10-2-8-1-9(4-10)5-11(15)3-8/h6-11,15H,1-5,16-17H2. The Morgan fingerprint density at radius 1 is 1.00 bits per heavy atom. The summed E-state index contributed by atoms with van der Waals surface area (Å²) in [6, 6.07) is 3.64. The lowest BCUT2D eigenvalue weighted by atomic mass is 9.51. The second-order valence-corrected chi connectivity index (χ2v) is 6.88. The van der Waals surface area contributed by atoms with Crippen molar-refractivity contribution in [2.75, 3.05) is 11.6 Å². The minimum Gasteiger partial charge on any atom is -0.384 e. The van der Waals surface area contributed by atoms with Crippen molar-refractivity contribution >= 4 is 5.82 Å². The Morgan fingerprint density at radius 2 is 1.58 bits per heavy atom. The van der Waals surface area contributed by atoms with Crippen LogP contribution < -0.4 is 17.1 Å². The Morgan fingerprint density at radius 3 is 2.11 bits per heavy atom. The van der Waals surface area contributed by atoms with Crippen molar-refractivity contribution in [3.05, 3.63) is 28.0 Å². The summed E-state index contributed by atoms with van der Waals surface area (Å²) in [4.78, 5) is 11.9. The molecule has 0 aromatic carbocycles. The second-order valence-electron chi connectivity index (χ2n) is 6.88. The molecule has 4 fully saturated rings. The molecule has 0 radical (unpaired) electrons. The number of hydrogen-bond acceptors (Lipinski definition) is 3. The molecule has 0 atom stereocenters. The third-order valence-electron chi connectivity index (χ3n) is 5.73. The van der Waals surface area contributed by atoms with E-state index >= 15 is 0 Å². The fourth-order valence-corrected chi connectivity index (χ4v) is 5.28. The Kier molecular flexibility index (Phi) is 2.26. The van der Waals surface area contributed by atoms with E-state index in [-0.39, 0.29) is 5.56 Å². The van der Waals surface area contributed by atoms with Crippen molar-refractivity contribution < 1.29 is 0 Å². The first kappa shape index (κ1) is 11.4. The van der Waals surface area contributed by atoms with Crippen LogP contribution in [0.25, 0.3) is 0 Å². The van der Waals surface area contributed by atoms with Crippen LogP contribution in [0.1, 0.15) is 43.6 Å². The van der Waals surface area contributed by atoms with Crippen molar-refractivity contribution in [1.29, 1.82) is 0 Å². The molecule has 4 bridgehead atoms. The van der Waals surface area contributed by atoms with E-state index in [4.69, 9.17) is 11.6 Å². The minimum atomic E-state index is -0.177. The second kappa shape index (κ2) is 3.78. The number of hydrogen-bond donors (Lipinski definition) is 2. The Labute approximate surface area is 112 Å². The highest BCUT2D eigenvalue weighted by molar-refractivity contribution is 5.37. The zero-order valence-corrected chi connectivity index (χ0v) is 11.1. The Balaban J connectivity index is 1.75. The predicted molar refractivity (Wildman–Crippen MR) is 75.1 cm³/mol. The number of nitrogens with zero attached hydrogens (tertiary/aromatic N) is 1. The van der Waals surface area contributed by atoms with Crippen LogP contribution in [-0.4, -0.2) is 4.68 Å². The zero-order chi connectivity index (χ0) is 13.1. The number of anilines is 1. The molecule has 1 heterocycles. The van der Waals surface area contributed by atoms with E-state index in [2.05, 4.69) is 0 Å². The largest absolute Gasteiger partial charge is 0.384 e. The predicted octanol–water partition coefficient (Wildman–Crippen LogP) is 1.68. The average molecular weight is 259 g/mol. The first-order valence-electron chi connectivity index (χ1n) is 7.39. The van der Waals surface area contributed by atoms with Crippen LogP contribution in [-0.2, 0) is 0 Å². The van der Waals surface area contributed by atoms with Gasteiger partial charge in [0.1, 0.15) is 5.82 Å². The molecule has 102 valence electrons. The van der Waals surface area contributed by atoms with Gasteiger partial charge in [0.15, 0.2) is 0 Å². The molecule has 4 heteroatoms. The quantitative estimate of drug-likeness (QED) is 0.754. The first-order chi connectivity index (χ1) is 9.11. The van der Waals surface area contributed by atoms with Gasteiger partial charge < -0.3 is 11.6 Å². The van der Waals surface area contributed by atoms with E-state index < -0.39 is 0 Å². The highest BCUT2D eigenvalue weighted by atomic mass is 16.1. The third-order valence-corrected chi connectivity index (χ3v) is 5.73. The molecule has 4 aliphatic rings. The topological polar surface area (TPSA) is 74.0 Å². The highest BCUT2D eigenvalue weighted by Crippen LogP contribution is 2.59. The number of aromatic nitrogens is 1. The maximum atomic E-state index is 11.9. The lowest BCUT2D eigenvalue weighted by Gasteiger charge is -2.54. The van der Waals surface area contributed by atoms with Gasteiger partial charge in [-0.25, -0.2) is 4.68 Å². The van der Waals surface area contributed by atoms with Gasteiger partial charge in [0.25, 0.3) is 5.56 Å². The van der Waals surface area contributed by atoms with E-state index in [1.54, 1.807) is 6.07 Å². The van der Waals surface area contributed by atoms with Gasteiger partial charge in [-0.1, -0.05) is 0 Å². The summed E-state index contributed by atoms with van der Waals surface area (Å²) < 4.78 is 1.04. The summed E-state index contributed by atoms with van der Waals surface area (Å²) in [5.41, 5.74) is 6.81. The molecule has 0 spiro atoms. The molecule has 5 rings (SSSR count). The Hall–Kier alpha value is -1.45. The fraction of sp³-hybridized carbons (Fsp3) is 0.667. The third kappa shape index (κ3) is 1.62. The maximum Gasteiger partial charge on any atom is 0.270 e. The highest BCUT2D eigenvalue weighted by Gasteiger charge is 2.48. The van der Waals surface area contributed by atoms with Crippen LogP contribution in [0.3, 0.4) is 0 Å². The average Bonchev–Trinajstić information content (AvgIpc) is 2.34. The van der Waals surface area contributed by atoms with Crippen LogP contribution >= 0.6 is 0 Å². The molecule has 1 aromatic heterocycles. The molecule has 0 aliphatic heterocycles. The molecule has 0 amide bonds. The summed E-state index contributed by atoms with van der Waals surface area (Å²) >= 11 is 0. The van der Waals surface area contributed by atoms with Crippen molar-refractivity contribution in [2.45, 2.75) is 38.0 Å². The summed E-state index contributed by atoms with van der Waals surface area (Å²) in [7, 11) is 0. The van der Waals surface area contributed by atoms with Crippen LogP contribution in [0.15, 0.2) is 16.9 Å². The van der Waals surface area contributed by atoms with Crippen molar-refractivity contribution in [3.8, 4) is 0 Å². The van der Waals surface area contributed by atoms with E-state index in [9.17, 15) is 4.79 Å². The van der Waals surface area contributed by atoms with Gasteiger partial charge in [-0.15, -0.1) is 0 Å². The molecule has 4 aliphatic carbocycles. The van der Waals surface area contributed by atoms with Gasteiger partial charge >= 0.3 is 0 Å². The first-order valence-corrected chi connectivity index (χ1v) is 7.39. The lowest BCUT2D eigenvalue weighted by Crippen LogP contribution is -2.44. The normalized spacial score (nSPS) is 39.7. The summed E-state index contributed by atoms with van der Waals surface area (Å²) in [6.07, 6.45) is 6.85. The van der Waals surface area contributed by atoms with Crippen LogP contribution in [0.4, 0.5) is 5.82 Å². The molecule has 4 nitrogen and oxygen atoms in total. The van der Waals surface area contributed by atoms with Crippen molar-refractivity contribution in [1.82, 2.24) is 4.68 Å². The van der Waals surface area contributed by atoms with Crippen molar-refractivity contribution in [3.63, 3.8) is 0 Å². The lowest BCUT2D eigenvalue weighted by molar-refractivity contribution is -0.00282. The summed E-state index contributed by atoms with van der Waals surface area (Å²) in [5, 5.41) is 0. The minimum absolute atomic E-state index is 0.177. The molecule has 1 aromatic rings. The van der Waals surface area contributed by atoms with Gasteiger partial charge in [-0.2, -0.15) is 0 Å². The van der Waals surface area contributed by atoms with Gasteiger partial charge in [0.2, 0.25) is 0 Å². The molecule has 4 saturated carbocycles. The number of rotatable bonds is 1. The Bertz CT molecular complexity index is 549. The molecular formula is C15H21N3O. The van der Waals surface area contributed by atoms with Gasteiger partial charge in [-0.3, -0.25) is 4.79 Å². The zero-order valence-electron chi connectivity index (χ0n) is 11.1. The maximum absolute atomic E-state index is 11.9. The van der Waals surface area contributed by atoms with Crippen LogP contribution in [0, 0.1) is 23.7 Å². The van der Waals surface area contributed by atoms with Crippen LogP contribution in [0.2, 0.25) is 0 Å². The van der Waals surface area contributed by atoms with Gasteiger partial charge in [-0.05, 0) is 73.3 Å². The van der Waals surface area contributed by atoms with Gasteiger partial charge in [0.05, 0.1) is 0 Å². The number of pyridine rings is 1. The smallest absolute Gasteiger partial charge is 0.270 e. The summed E-state index contributed by atoms with van der Waals surface area (Å²) in [6.45, 7) is 0. The molecule has 0 unspecified atom stereocenters. The van der Waals surface area contributed by atoms with E-state index in [0.29, 0.717) is 11.7 Å². The SMILES string of the molecule is Nc1cc(C2C3CC4CC(C3)CC2C4)cc(=O)n1N. The molecule has 19 heavy (non-hydrogen) atoms. The number of nitrogen functional groups attached to an aromatic ring is 2. The number of nitrogens with two attached hydrogens (primary N) is 2. The molecule has 4 N–H and O–H groups in total. The van der Waals surface area contributed by atoms with Crippen LogP contribution in [0.5, 0.6) is 0 Å².